The Morgan fingerprint density at radius 3 is 2.42 bits per heavy atom. The third kappa shape index (κ3) is 4.92. The molecule has 7 heteroatoms. The van der Waals surface area contributed by atoms with Gasteiger partial charge in [0.05, 0.1) is 0 Å². The zero-order valence-electron chi connectivity index (χ0n) is 17.6. The van der Waals surface area contributed by atoms with Gasteiger partial charge < -0.3 is 4.98 Å². The fourth-order valence-electron chi connectivity index (χ4n) is 4.39. The molecule has 2 aromatic heterocycles. The number of nitrogens with one attached hydrogen (secondary N) is 1. The average Bonchev–Trinajstić information content (AvgIpc) is 3.47. The molecule has 0 aliphatic carbocycles. The summed E-state index contributed by atoms with van der Waals surface area (Å²) >= 11 is 2.60. The summed E-state index contributed by atoms with van der Waals surface area (Å²) in [4.78, 5) is 8.60. The van der Waals surface area contributed by atoms with Gasteiger partial charge in [-0.2, -0.15) is 0 Å². The van der Waals surface area contributed by atoms with Gasteiger partial charge in [-0.05, 0) is 23.8 Å². The molecule has 158 valence electrons. The van der Waals surface area contributed by atoms with E-state index in [0.29, 0.717) is 0 Å². The van der Waals surface area contributed by atoms with Crippen molar-refractivity contribution < 1.29 is 0 Å². The van der Waals surface area contributed by atoms with E-state index in [0.717, 1.165) is 51.4 Å². The molecule has 3 heterocycles. The van der Waals surface area contributed by atoms with Crippen molar-refractivity contribution >= 4 is 32.1 Å². The predicted octanol–water partition coefficient (Wildman–Crippen LogP) is 2.29. The number of H-pyrrole nitrogens is 1. The Labute approximate surface area is 191 Å². The molecule has 1 aliphatic rings. The first-order valence-corrected chi connectivity index (χ1v) is 11.9. The second-order valence-electron chi connectivity index (χ2n) is 8.30. The van der Waals surface area contributed by atoms with Crippen LogP contribution >= 0.6 is 0 Å². The molecule has 1 aliphatic heterocycles. The summed E-state index contributed by atoms with van der Waals surface area (Å²) in [5, 5.41) is 9.13. The summed E-state index contributed by atoms with van der Waals surface area (Å²) in [6, 6.07) is 15.3. The van der Waals surface area contributed by atoms with Crippen LogP contribution in [0, 0.1) is 0 Å². The van der Waals surface area contributed by atoms with Crippen molar-refractivity contribution in [2.24, 2.45) is 0 Å². The van der Waals surface area contributed by atoms with E-state index >= 15 is 0 Å². The van der Waals surface area contributed by atoms with Crippen molar-refractivity contribution in [3.63, 3.8) is 0 Å². The van der Waals surface area contributed by atoms with E-state index in [1.165, 1.54) is 32.8 Å². The number of hydrogen-bond donors (Lipinski definition) is 1. The van der Waals surface area contributed by atoms with Crippen LogP contribution in [0.5, 0.6) is 0 Å². The van der Waals surface area contributed by atoms with Gasteiger partial charge in [-0.1, -0.05) is 0 Å². The molecular weight excluding hydrogens is 447 g/mol. The van der Waals surface area contributed by atoms with Gasteiger partial charge in [-0.3, -0.25) is 4.57 Å². The fourth-order valence-corrected chi connectivity index (χ4v) is 4.70. The molecule has 4 aromatic rings. The van der Waals surface area contributed by atoms with Gasteiger partial charge in [-0.15, -0.1) is 10.2 Å². The first-order chi connectivity index (χ1) is 15.2. The van der Waals surface area contributed by atoms with Gasteiger partial charge >= 0.3 is 113 Å². The van der Waals surface area contributed by atoms with Crippen LogP contribution in [0.15, 0.2) is 61.3 Å². The number of piperazine rings is 1. The molecule has 6 nitrogen and oxygen atoms in total. The molecule has 2 radical (unpaired) electrons. The van der Waals surface area contributed by atoms with E-state index in [1.54, 1.807) is 12.7 Å². The number of benzene rings is 2. The van der Waals surface area contributed by atoms with Crippen molar-refractivity contribution in [1.82, 2.24) is 29.5 Å². The number of nitrogens with zero attached hydrogens (tertiary/aromatic N) is 5. The second-order valence-corrected chi connectivity index (χ2v) is 9.38. The number of aromatic amines is 1. The monoisotopic (exact) mass is 474 g/mol. The topological polar surface area (TPSA) is 53.0 Å². The fraction of sp³-hybridized carbons (Fsp3) is 0.333. The number of rotatable bonds is 7. The summed E-state index contributed by atoms with van der Waals surface area (Å²) in [5.74, 6) is 0. The van der Waals surface area contributed by atoms with Crippen LogP contribution in [-0.2, 0) is 13.0 Å². The molecule has 2 aromatic carbocycles. The number of hydrogen-bond acceptors (Lipinski definition) is 4. The van der Waals surface area contributed by atoms with Gasteiger partial charge in [0.15, 0.2) is 0 Å². The minimum absolute atomic E-state index is 1.06. The molecule has 31 heavy (non-hydrogen) atoms. The van der Waals surface area contributed by atoms with Crippen LogP contribution in [-0.4, -0.2) is 79.1 Å². The van der Waals surface area contributed by atoms with Crippen LogP contribution in [0.2, 0.25) is 0 Å². The van der Waals surface area contributed by atoms with Crippen LogP contribution < -0.4 is 4.35 Å². The Bertz CT molecular complexity index is 1110. The summed E-state index contributed by atoms with van der Waals surface area (Å²) < 4.78 is 3.22. The first kappa shape index (κ1) is 20.5. The number of aryl methyl sites for hydroxylation is 1. The van der Waals surface area contributed by atoms with Crippen molar-refractivity contribution in [3.8, 4) is 5.69 Å². The van der Waals surface area contributed by atoms with Crippen LogP contribution in [0.25, 0.3) is 16.6 Å². The average molecular weight is 474 g/mol. The molecule has 5 rings (SSSR count). The van der Waals surface area contributed by atoms with Crippen LogP contribution in [0.1, 0.15) is 17.5 Å². The van der Waals surface area contributed by atoms with Crippen LogP contribution in [0.3, 0.4) is 0 Å². The Hall–Kier alpha value is -2.40. The van der Waals surface area contributed by atoms with E-state index in [4.69, 9.17) is 0 Å². The van der Waals surface area contributed by atoms with E-state index in [-0.39, 0.29) is 0 Å². The maximum absolute atomic E-state index is 3.92. The molecule has 0 spiro atoms. The molecule has 1 saturated heterocycles. The molecular formula is C24H27AsN6. The van der Waals surface area contributed by atoms with E-state index in [2.05, 4.69) is 90.5 Å². The van der Waals surface area contributed by atoms with Crippen LogP contribution in [0.4, 0.5) is 0 Å². The standard InChI is InChI=1S/C24H27AsN6/c25-21-5-3-19(4-6-21)16-30-12-10-29(11-13-30)9-1-2-20-15-26-24-8-7-22(14-23(20)24)31-17-27-28-18-31/h3-8,14-15,17-18,26H,1-2,9-13,16H2. The van der Waals surface area contributed by atoms with Crippen molar-refractivity contribution in [2.75, 3.05) is 32.7 Å². The minimum atomic E-state index is 1.06. The second kappa shape index (κ2) is 9.39. The van der Waals surface area contributed by atoms with E-state index in [9.17, 15) is 0 Å². The van der Waals surface area contributed by atoms with Crippen molar-refractivity contribution in [1.29, 1.82) is 0 Å². The van der Waals surface area contributed by atoms with Crippen molar-refractivity contribution in [3.05, 3.63) is 72.4 Å². The molecule has 0 bridgehead atoms. The van der Waals surface area contributed by atoms with Gasteiger partial charge in [0.25, 0.3) is 0 Å². The predicted molar refractivity (Wildman–Crippen MR) is 125 cm³/mol. The zero-order valence-corrected chi connectivity index (χ0v) is 19.5. The molecule has 0 amide bonds. The molecule has 1 N–H and O–H groups in total. The number of aromatic nitrogens is 4. The van der Waals surface area contributed by atoms with Gasteiger partial charge in [-0.25, -0.2) is 0 Å². The Morgan fingerprint density at radius 2 is 1.65 bits per heavy atom. The number of fused-ring (bicyclic) bond motifs is 1. The summed E-state index contributed by atoms with van der Waals surface area (Å²) in [7, 11) is 0. The molecule has 0 unspecified atom stereocenters. The third-order valence-electron chi connectivity index (χ3n) is 6.20. The van der Waals surface area contributed by atoms with Gasteiger partial charge in [0.1, 0.15) is 12.7 Å². The SMILES string of the molecule is [As]c1ccc(CN2CCN(CCCc3c[nH]c4ccc(-n5cnnc5)cc34)CC2)cc1. The Balaban J connectivity index is 1.12. The van der Waals surface area contributed by atoms with Crippen molar-refractivity contribution in [2.45, 2.75) is 19.4 Å². The van der Waals surface area contributed by atoms with E-state index in [1.807, 2.05) is 4.57 Å². The first-order valence-electron chi connectivity index (χ1n) is 10.9. The molecule has 0 atom stereocenters. The van der Waals surface area contributed by atoms with E-state index < -0.39 is 0 Å². The quantitative estimate of drug-likeness (QED) is 0.418. The summed E-state index contributed by atoms with van der Waals surface area (Å²) in [6.45, 7) is 6.85. The summed E-state index contributed by atoms with van der Waals surface area (Å²) in [5.41, 5.74) is 5.09. The Kier molecular flexibility index (Phi) is 6.21. The summed E-state index contributed by atoms with van der Waals surface area (Å²) in [6.07, 6.45) is 7.92. The normalized spacial score (nSPS) is 15.6. The molecule has 0 saturated carbocycles. The zero-order chi connectivity index (χ0) is 21.0. The maximum atomic E-state index is 3.92. The Morgan fingerprint density at radius 1 is 0.903 bits per heavy atom. The third-order valence-corrected chi connectivity index (χ3v) is 6.82. The molecule has 1 fully saturated rings. The van der Waals surface area contributed by atoms with Gasteiger partial charge in [0.2, 0.25) is 0 Å². The van der Waals surface area contributed by atoms with Gasteiger partial charge in [0, 0.05) is 22.8 Å².